The summed E-state index contributed by atoms with van der Waals surface area (Å²) in [5.74, 6) is 0.101. The standard InChI is InChI=1S/C11H19N3OS/c1-3-9(11-14-7-8-16-11)13-6-4-5-10(15)12-2/h7-9,13H,3-6H2,1-2H3,(H,12,15). The van der Waals surface area contributed by atoms with Gasteiger partial charge >= 0.3 is 0 Å². The monoisotopic (exact) mass is 241 g/mol. The van der Waals surface area contributed by atoms with Crippen LogP contribution in [-0.2, 0) is 4.79 Å². The number of hydrogen-bond donors (Lipinski definition) is 2. The van der Waals surface area contributed by atoms with Crippen molar-refractivity contribution in [2.75, 3.05) is 13.6 Å². The number of aromatic nitrogens is 1. The number of hydrogen-bond acceptors (Lipinski definition) is 4. The van der Waals surface area contributed by atoms with Gasteiger partial charge in [0.1, 0.15) is 5.01 Å². The maximum absolute atomic E-state index is 11.0. The fourth-order valence-electron chi connectivity index (χ4n) is 1.46. The molecule has 2 N–H and O–H groups in total. The minimum Gasteiger partial charge on any atom is -0.359 e. The van der Waals surface area contributed by atoms with Crippen molar-refractivity contribution in [3.05, 3.63) is 16.6 Å². The maximum atomic E-state index is 11.0. The first-order valence-electron chi connectivity index (χ1n) is 5.61. The highest BCUT2D eigenvalue weighted by atomic mass is 32.1. The van der Waals surface area contributed by atoms with E-state index in [-0.39, 0.29) is 5.91 Å². The number of nitrogens with one attached hydrogen (secondary N) is 2. The van der Waals surface area contributed by atoms with Crippen LogP contribution in [0.15, 0.2) is 11.6 Å². The van der Waals surface area contributed by atoms with E-state index in [9.17, 15) is 4.79 Å². The van der Waals surface area contributed by atoms with Gasteiger partial charge in [0.25, 0.3) is 0 Å². The number of thiazole rings is 1. The summed E-state index contributed by atoms with van der Waals surface area (Å²) in [6.45, 7) is 2.99. The van der Waals surface area contributed by atoms with Crippen LogP contribution in [0.2, 0.25) is 0 Å². The minimum atomic E-state index is 0.101. The molecule has 0 aliphatic heterocycles. The summed E-state index contributed by atoms with van der Waals surface area (Å²) in [7, 11) is 1.67. The Kier molecular flexibility index (Phi) is 6.03. The number of nitrogens with zero attached hydrogens (tertiary/aromatic N) is 1. The molecule has 1 unspecified atom stereocenters. The van der Waals surface area contributed by atoms with Crippen LogP contribution >= 0.6 is 11.3 Å². The molecule has 0 radical (unpaired) electrons. The van der Waals surface area contributed by atoms with E-state index in [2.05, 4.69) is 22.5 Å². The molecule has 0 spiro atoms. The summed E-state index contributed by atoms with van der Waals surface area (Å²) in [5.41, 5.74) is 0. The molecular weight excluding hydrogens is 222 g/mol. The first-order chi connectivity index (χ1) is 7.77. The Hall–Kier alpha value is -0.940. The third kappa shape index (κ3) is 4.28. The van der Waals surface area contributed by atoms with Crippen molar-refractivity contribution < 1.29 is 4.79 Å². The summed E-state index contributed by atoms with van der Waals surface area (Å²) in [6, 6.07) is 0.324. The number of carbonyl (C=O) groups is 1. The van der Waals surface area contributed by atoms with Gasteiger partial charge in [0, 0.05) is 25.0 Å². The Morgan fingerprint density at radius 3 is 3.00 bits per heavy atom. The van der Waals surface area contributed by atoms with Crippen molar-refractivity contribution in [1.82, 2.24) is 15.6 Å². The second-order valence-corrected chi connectivity index (χ2v) is 4.49. The molecule has 90 valence electrons. The molecule has 16 heavy (non-hydrogen) atoms. The van der Waals surface area contributed by atoms with E-state index in [0.717, 1.165) is 24.4 Å². The highest BCUT2D eigenvalue weighted by Gasteiger charge is 2.10. The van der Waals surface area contributed by atoms with Crippen LogP contribution < -0.4 is 10.6 Å². The van der Waals surface area contributed by atoms with Gasteiger partial charge in [-0.3, -0.25) is 4.79 Å². The SMILES string of the molecule is CCC(NCCCC(=O)NC)c1nccs1. The fourth-order valence-corrected chi connectivity index (χ4v) is 2.26. The van der Waals surface area contributed by atoms with E-state index in [4.69, 9.17) is 0 Å². The zero-order valence-corrected chi connectivity index (χ0v) is 10.6. The molecule has 1 atom stereocenters. The lowest BCUT2D eigenvalue weighted by molar-refractivity contribution is -0.120. The van der Waals surface area contributed by atoms with Crippen molar-refractivity contribution in [3.8, 4) is 0 Å². The van der Waals surface area contributed by atoms with Gasteiger partial charge in [-0.05, 0) is 19.4 Å². The maximum Gasteiger partial charge on any atom is 0.219 e. The second kappa shape index (κ2) is 7.35. The Labute approximate surface area is 100 Å². The molecule has 0 aliphatic rings. The normalized spacial score (nSPS) is 12.4. The van der Waals surface area contributed by atoms with E-state index in [1.807, 2.05) is 11.6 Å². The largest absolute Gasteiger partial charge is 0.359 e. The lowest BCUT2D eigenvalue weighted by atomic mass is 10.2. The summed E-state index contributed by atoms with van der Waals surface area (Å²) in [4.78, 5) is 15.3. The molecule has 1 aromatic rings. The topological polar surface area (TPSA) is 54.0 Å². The molecule has 1 heterocycles. The zero-order chi connectivity index (χ0) is 11.8. The van der Waals surface area contributed by atoms with Gasteiger partial charge in [-0.25, -0.2) is 4.98 Å². The summed E-state index contributed by atoms with van der Waals surface area (Å²) >= 11 is 1.67. The summed E-state index contributed by atoms with van der Waals surface area (Å²) < 4.78 is 0. The van der Waals surface area contributed by atoms with Crippen LogP contribution in [0.25, 0.3) is 0 Å². The highest BCUT2D eigenvalue weighted by molar-refractivity contribution is 7.09. The van der Waals surface area contributed by atoms with E-state index in [0.29, 0.717) is 12.5 Å². The lowest BCUT2D eigenvalue weighted by Gasteiger charge is -2.13. The van der Waals surface area contributed by atoms with Crippen molar-refractivity contribution in [2.45, 2.75) is 32.2 Å². The third-order valence-electron chi connectivity index (χ3n) is 2.41. The van der Waals surface area contributed by atoms with Crippen LogP contribution in [0.3, 0.4) is 0 Å². The fraction of sp³-hybridized carbons (Fsp3) is 0.636. The highest BCUT2D eigenvalue weighted by Crippen LogP contribution is 2.18. The minimum absolute atomic E-state index is 0.101. The molecule has 0 fully saturated rings. The third-order valence-corrected chi connectivity index (χ3v) is 3.30. The molecule has 5 heteroatoms. The first kappa shape index (κ1) is 13.1. The van der Waals surface area contributed by atoms with Gasteiger partial charge in [-0.1, -0.05) is 6.92 Å². The molecule has 1 aromatic heterocycles. The number of carbonyl (C=O) groups excluding carboxylic acids is 1. The first-order valence-corrected chi connectivity index (χ1v) is 6.49. The zero-order valence-electron chi connectivity index (χ0n) is 9.82. The van der Waals surface area contributed by atoms with E-state index < -0.39 is 0 Å². The average Bonchev–Trinajstić information content (AvgIpc) is 2.82. The lowest BCUT2D eigenvalue weighted by Crippen LogP contribution is -2.24. The van der Waals surface area contributed by atoms with Crippen LogP contribution in [0.5, 0.6) is 0 Å². The van der Waals surface area contributed by atoms with Crippen molar-refractivity contribution in [1.29, 1.82) is 0 Å². The van der Waals surface area contributed by atoms with E-state index in [1.54, 1.807) is 18.4 Å². The Morgan fingerprint density at radius 1 is 1.62 bits per heavy atom. The molecule has 0 saturated carbocycles. The van der Waals surface area contributed by atoms with Gasteiger partial charge in [-0.2, -0.15) is 0 Å². The van der Waals surface area contributed by atoms with Gasteiger partial charge < -0.3 is 10.6 Å². The molecule has 1 rings (SSSR count). The molecule has 4 nitrogen and oxygen atoms in total. The van der Waals surface area contributed by atoms with Crippen LogP contribution in [0.1, 0.15) is 37.2 Å². The van der Waals surface area contributed by atoms with Crippen molar-refractivity contribution >= 4 is 17.2 Å². The predicted octanol–water partition coefficient (Wildman–Crippen LogP) is 1.71. The predicted molar refractivity (Wildman–Crippen MR) is 66.4 cm³/mol. The quantitative estimate of drug-likeness (QED) is 0.715. The summed E-state index contributed by atoms with van der Waals surface area (Å²) in [5, 5.41) is 9.15. The number of rotatable bonds is 7. The van der Waals surface area contributed by atoms with Crippen LogP contribution in [0, 0.1) is 0 Å². The van der Waals surface area contributed by atoms with Crippen LogP contribution in [-0.4, -0.2) is 24.5 Å². The molecule has 0 aromatic carbocycles. The molecule has 0 aliphatic carbocycles. The number of amides is 1. The van der Waals surface area contributed by atoms with E-state index >= 15 is 0 Å². The van der Waals surface area contributed by atoms with Crippen molar-refractivity contribution in [3.63, 3.8) is 0 Å². The average molecular weight is 241 g/mol. The molecular formula is C11H19N3OS. The van der Waals surface area contributed by atoms with Gasteiger partial charge in [0.05, 0.1) is 6.04 Å². The van der Waals surface area contributed by atoms with E-state index in [1.165, 1.54) is 0 Å². The Morgan fingerprint density at radius 2 is 2.44 bits per heavy atom. The smallest absolute Gasteiger partial charge is 0.219 e. The summed E-state index contributed by atoms with van der Waals surface area (Å²) in [6.07, 6.45) is 4.29. The Balaban J connectivity index is 2.22. The second-order valence-electron chi connectivity index (χ2n) is 3.56. The van der Waals surface area contributed by atoms with Crippen molar-refractivity contribution in [2.24, 2.45) is 0 Å². The molecule has 0 bridgehead atoms. The molecule has 1 amide bonds. The van der Waals surface area contributed by atoms with Gasteiger partial charge in [0.2, 0.25) is 5.91 Å². The Bertz CT molecular complexity index is 300. The molecule has 0 saturated heterocycles. The van der Waals surface area contributed by atoms with Gasteiger partial charge in [-0.15, -0.1) is 11.3 Å². The van der Waals surface area contributed by atoms with Gasteiger partial charge in [0.15, 0.2) is 0 Å². The van der Waals surface area contributed by atoms with Crippen LogP contribution in [0.4, 0.5) is 0 Å².